The Kier molecular flexibility index (Phi) is 5.12. The van der Waals surface area contributed by atoms with Gasteiger partial charge >= 0.3 is 0 Å². The maximum absolute atomic E-state index is 10.0. The molecule has 0 spiro atoms. The van der Waals surface area contributed by atoms with Crippen LogP contribution >= 0.6 is 11.3 Å². The predicted molar refractivity (Wildman–Crippen MR) is 64.5 cm³/mol. The van der Waals surface area contributed by atoms with Gasteiger partial charge in [-0.25, -0.2) is 0 Å². The largest absolute Gasteiger partial charge is 0.495 e. The van der Waals surface area contributed by atoms with Crippen molar-refractivity contribution in [2.45, 2.75) is 39.2 Å². The zero-order valence-electron chi connectivity index (χ0n) is 9.69. The third kappa shape index (κ3) is 3.50. The number of hydrogen-bond donors (Lipinski definition) is 1. The van der Waals surface area contributed by atoms with E-state index in [1.54, 1.807) is 18.4 Å². The molecule has 1 aromatic rings. The molecule has 0 aliphatic heterocycles. The van der Waals surface area contributed by atoms with E-state index in [4.69, 9.17) is 4.74 Å². The molecule has 2 nitrogen and oxygen atoms in total. The van der Waals surface area contributed by atoms with Crippen molar-refractivity contribution in [3.05, 3.63) is 16.3 Å². The molecule has 0 saturated heterocycles. The van der Waals surface area contributed by atoms with E-state index in [0.717, 1.165) is 17.0 Å². The fraction of sp³-hybridized carbons (Fsp3) is 0.667. The summed E-state index contributed by atoms with van der Waals surface area (Å²) in [5.74, 6) is 1.38. The summed E-state index contributed by atoms with van der Waals surface area (Å²) in [7, 11) is 1.65. The Bertz CT molecular complexity index is 283. The Morgan fingerprint density at radius 2 is 2.27 bits per heavy atom. The number of ether oxygens (including phenoxy) is 1. The fourth-order valence-electron chi connectivity index (χ4n) is 1.82. The van der Waals surface area contributed by atoms with Crippen molar-refractivity contribution >= 4 is 11.3 Å². The van der Waals surface area contributed by atoms with E-state index in [2.05, 4.69) is 13.8 Å². The summed E-state index contributed by atoms with van der Waals surface area (Å²) in [6.45, 7) is 4.36. The Hall–Kier alpha value is -0.540. The maximum Gasteiger partial charge on any atom is 0.135 e. The summed E-state index contributed by atoms with van der Waals surface area (Å²) in [6, 6.07) is 1.91. The summed E-state index contributed by atoms with van der Waals surface area (Å²) in [5, 5.41) is 12.0. The van der Waals surface area contributed by atoms with Crippen molar-refractivity contribution in [1.82, 2.24) is 0 Å². The molecule has 0 aliphatic rings. The maximum atomic E-state index is 10.0. The van der Waals surface area contributed by atoms with E-state index in [9.17, 15) is 5.11 Å². The van der Waals surface area contributed by atoms with Crippen LogP contribution in [-0.2, 0) is 0 Å². The van der Waals surface area contributed by atoms with Crippen LogP contribution < -0.4 is 4.74 Å². The molecule has 86 valence electrons. The first-order valence-corrected chi connectivity index (χ1v) is 6.36. The van der Waals surface area contributed by atoms with Gasteiger partial charge in [-0.2, -0.15) is 0 Å². The molecule has 1 rings (SSSR count). The Balaban J connectivity index is 2.56. The zero-order chi connectivity index (χ0) is 11.3. The first kappa shape index (κ1) is 12.5. The third-order valence-electron chi connectivity index (χ3n) is 2.59. The molecule has 0 radical (unpaired) electrons. The summed E-state index contributed by atoms with van der Waals surface area (Å²) in [4.78, 5) is 0.959. The van der Waals surface area contributed by atoms with Gasteiger partial charge in [-0.05, 0) is 23.8 Å². The highest BCUT2D eigenvalue weighted by Gasteiger charge is 2.17. The predicted octanol–water partition coefficient (Wildman–Crippen LogP) is 3.62. The van der Waals surface area contributed by atoms with Gasteiger partial charge in [-0.3, -0.25) is 0 Å². The minimum Gasteiger partial charge on any atom is -0.495 e. The molecule has 0 amide bonds. The van der Waals surface area contributed by atoms with Crippen LogP contribution in [0.2, 0.25) is 0 Å². The van der Waals surface area contributed by atoms with Gasteiger partial charge in [0.15, 0.2) is 0 Å². The molecule has 1 aromatic heterocycles. The first-order valence-electron chi connectivity index (χ1n) is 5.48. The summed E-state index contributed by atoms with van der Waals surface area (Å²) in [6.07, 6.45) is 2.80. The van der Waals surface area contributed by atoms with Crippen molar-refractivity contribution < 1.29 is 9.84 Å². The van der Waals surface area contributed by atoms with Crippen LogP contribution in [-0.4, -0.2) is 12.2 Å². The quantitative estimate of drug-likeness (QED) is 0.806. The number of thiophene rings is 1. The molecule has 0 saturated carbocycles. The number of aliphatic hydroxyl groups is 1. The second kappa shape index (κ2) is 6.13. The second-order valence-electron chi connectivity index (χ2n) is 4.00. The fourth-order valence-corrected chi connectivity index (χ4v) is 2.68. The zero-order valence-corrected chi connectivity index (χ0v) is 10.5. The molecule has 2 atom stereocenters. The van der Waals surface area contributed by atoms with Crippen molar-refractivity contribution in [2.75, 3.05) is 7.11 Å². The first-order chi connectivity index (χ1) is 7.19. The third-order valence-corrected chi connectivity index (χ3v) is 3.59. The highest BCUT2D eigenvalue weighted by Crippen LogP contribution is 2.34. The lowest BCUT2D eigenvalue weighted by Crippen LogP contribution is -2.04. The number of aliphatic hydroxyl groups excluding tert-OH is 1. The molecular weight excluding hydrogens is 208 g/mol. The van der Waals surface area contributed by atoms with Gasteiger partial charge in [0.05, 0.1) is 18.1 Å². The average molecular weight is 228 g/mol. The molecule has 2 unspecified atom stereocenters. The SMILES string of the molecule is CCCC(C)CC(O)c1sccc1OC. The molecular formula is C12H20O2S. The van der Waals surface area contributed by atoms with E-state index in [0.29, 0.717) is 5.92 Å². The van der Waals surface area contributed by atoms with Crippen LogP contribution in [0.5, 0.6) is 5.75 Å². The molecule has 3 heteroatoms. The van der Waals surface area contributed by atoms with Gasteiger partial charge in [0.1, 0.15) is 5.75 Å². The summed E-state index contributed by atoms with van der Waals surface area (Å²) >= 11 is 1.57. The standard InChI is InChI=1S/C12H20O2S/c1-4-5-9(2)8-10(13)12-11(14-3)6-7-15-12/h6-7,9-10,13H,4-5,8H2,1-3H3. The van der Waals surface area contributed by atoms with Crippen LogP contribution in [0.25, 0.3) is 0 Å². The number of rotatable bonds is 6. The number of hydrogen-bond acceptors (Lipinski definition) is 3. The van der Waals surface area contributed by atoms with Crippen LogP contribution in [0.15, 0.2) is 11.4 Å². The van der Waals surface area contributed by atoms with E-state index in [1.807, 2.05) is 11.4 Å². The van der Waals surface area contributed by atoms with Crippen molar-refractivity contribution in [2.24, 2.45) is 5.92 Å². The number of methoxy groups -OCH3 is 1. The van der Waals surface area contributed by atoms with E-state index in [1.165, 1.54) is 12.8 Å². The Morgan fingerprint density at radius 1 is 1.53 bits per heavy atom. The van der Waals surface area contributed by atoms with E-state index >= 15 is 0 Å². The smallest absolute Gasteiger partial charge is 0.135 e. The van der Waals surface area contributed by atoms with Crippen molar-refractivity contribution in [3.8, 4) is 5.75 Å². The highest BCUT2D eigenvalue weighted by atomic mass is 32.1. The molecule has 0 aliphatic carbocycles. The molecule has 1 heterocycles. The van der Waals surface area contributed by atoms with Gasteiger partial charge in [0.25, 0.3) is 0 Å². The van der Waals surface area contributed by atoms with Crippen molar-refractivity contribution in [3.63, 3.8) is 0 Å². The monoisotopic (exact) mass is 228 g/mol. The highest BCUT2D eigenvalue weighted by molar-refractivity contribution is 7.10. The minimum atomic E-state index is -0.374. The van der Waals surface area contributed by atoms with Crippen molar-refractivity contribution in [1.29, 1.82) is 0 Å². The molecule has 0 fully saturated rings. The lowest BCUT2D eigenvalue weighted by atomic mass is 9.98. The Labute approximate surface area is 95.9 Å². The lowest BCUT2D eigenvalue weighted by molar-refractivity contribution is 0.145. The summed E-state index contributed by atoms with van der Waals surface area (Å²) in [5.41, 5.74) is 0. The molecule has 0 aromatic carbocycles. The lowest BCUT2D eigenvalue weighted by Gasteiger charge is -2.15. The average Bonchev–Trinajstić information content (AvgIpc) is 2.65. The minimum absolute atomic E-state index is 0.374. The van der Waals surface area contributed by atoms with Gasteiger partial charge in [0, 0.05) is 0 Å². The van der Waals surface area contributed by atoms with Crippen LogP contribution in [0.3, 0.4) is 0 Å². The normalized spacial score (nSPS) is 14.9. The molecule has 1 N–H and O–H groups in total. The topological polar surface area (TPSA) is 29.5 Å². The van der Waals surface area contributed by atoms with Gasteiger partial charge in [0.2, 0.25) is 0 Å². The molecule has 0 bridgehead atoms. The molecule has 15 heavy (non-hydrogen) atoms. The van der Waals surface area contributed by atoms with Crippen LogP contribution in [0, 0.1) is 5.92 Å². The van der Waals surface area contributed by atoms with Gasteiger partial charge < -0.3 is 9.84 Å². The second-order valence-corrected chi connectivity index (χ2v) is 4.95. The van der Waals surface area contributed by atoms with E-state index in [-0.39, 0.29) is 6.10 Å². The Morgan fingerprint density at radius 3 is 2.87 bits per heavy atom. The summed E-state index contributed by atoms with van der Waals surface area (Å²) < 4.78 is 5.20. The van der Waals surface area contributed by atoms with Crippen LogP contribution in [0.1, 0.15) is 44.1 Å². The van der Waals surface area contributed by atoms with Gasteiger partial charge in [-0.15, -0.1) is 11.3 Å². The van der Waals surface area contributed by atoms with E-state index < -0.39 is 0 Å². The van der Waals surface area contributed by atoms with Crippen LogP contribution in [0.4, 0.5) is 0 Å². The van der Waals surface area contributed by atoms with Gasteiger partial charge in [-0.1, -0.05) is 26.7 Å².